The molecule has 2 rings (SSSR count). The highest BCUT2D eigenvalue weighted by atomic mass is 35.5. The van der Waals surface area contributed by atoms with Gasteiger partial charge in [0.05, 0.1) is 7.11 Å². The molecule has 0 aliphatic carbocycles. The second-order valence-electron chi connectivity index (χ2n) is 3.89. The normalized spacial score (nSPS) is 24.4. The van der Waals surface area contributed by atoms with E-state index in [1.807, 2.05) is 24.3 Å². The Labute approximate surface area is 99.7 Å². The van der Waals surface area contributed by atoms with Crippen LogP contribution in [-0.2, 0) is 9.53 Å². The first kappa shape index (κ1) is 11.4. The van der Waals surface area contributed by atoms with Gasteiger partial charge in [0.25, 0.3) is 0 Å². The molecule has 1 aliphatic heterocycles. The van der Waals surface area contributed by atoms with Gasteiger partial charge in [-0.3, -0.25) is 10.1 Å². The van der Waals surface area contributed by atoms with Crippen molar-refractivity contribution in [2.24, 2.45) is 0 Å². The minimum Gasteiger partial charge on any atom is -0.468 e. The number of carbonyl (C=O) groups excluding carboxylic acids is 1. The van der Waals surface area contributed by atoms with Gasteiger partial charge in [-0.25, -0.2) is 0 Å². The molecule has 0 spiro atoms. The van der Waals surface area contributed by atoms with Crippen LogP contribution in [0.15, 0.2) is 24.3 Å². The van der Waals surface area contributed by atoms with Crippen molar-refractivity contribution in [3.05, 3.63) is 34.9 Å². The summed E-state index contributed by atoms with van der Waals surface area (Å²) in [5.74, 6) is -0.199. The molecule has 1 N–H and O–H groups in total. The summed E-state index contributed by atoms with van der Waals surface area (Å²) in [6.45, 7) is 0. The van der Waals surface area contributed by atoms with Crippen molar-refractivity contribution in [1.29, 1.82) is 0 Å². The lowest BCUT2D eigenvalue weighted by molar-refractivity contribution is -0.142. The van der Waals surface area contributed by atoms with Gasteiger partial charge in [-0.05, 0) is 24.5 Å². The number of ether oxygens (including phenoxy) is 1. The third kappa shape index (κ3) is 2.20. The summed E-state index contributed by atoms with van der Waals surface area (Å²) in [4.78, 5) is 11.4. The van der Waals surface area contributed by atoms with Crippen molar-refractivity contribution in [3.63, 3.8) is 0 Å². The Hall–Kier alpha value is -1.06. The molecule has 1 aromatic carbocycles. The van der Waals surface area contributed by atoms with E-state index in [0.29, 0.717) is 0 Å². The highest BCUT2D eigenvalue weighted by Gasteiger charge is 2.31. The zero-order valence-electron chi connectivity index (χ0n) is 9.07. The smallest absolute Gasteiger partial charge is 0.322 e. The minimum absolute atomic E-state index is 0.151. The van der Waals surface area contributed by atoms with Crippen LogP contribution < -0.4 is 5.32 Å². The fourth-order valence-corrected chi connectivity index (χ4v) is 2.34. The third-order valence-electron chi connectivity index (χ3n) is 2.91. The first-order valence-electron chi connectivity index (χ1n) is 5.30. The van der Waals surface area contributed by atoms with E-state index in [-0.39, 0.29) is 18.1 Å². The molecule has 1 aromatic rings. The van der Waals surface area contributed by atoms with Gasteiger partial charge in [-0.2, -0.15) is 0 Å². The van der Waals surface area contributed by atoms with Crippen molar-refractivity contribution in [1.82, 2.24) is 5.32 Å². The van der Waals surface area contributed by atoms with Gasteiger partial charge in [0.1, 0.15) is 6.04 Å². The van der Waals surface area contributed by atoms with Crippen molar-refractivity contribution in [2.45, 2.75) is 24.9 Å². The van der Waals surface area contributed by atoms with Crippen molar-refractivity contribution < 1.29 is 9.53 Å². The van der Waals surface area contributed by atoms with E-state index < -0.39 is 0 Å². The van der Waals surface area contributed by atoms with E-state index in [9.17, 15) is 4.79 Å². The molecule has 1 saturated heterocycles. The van der Waals surface area contributed by atoms with Crippen LogP contribution in [0.3, 0.4) is 0 Å². The predicted molar refractivity (Wildman–Crippen MR) is 62.4 cm³/mol. The first-order chi connectivity index (χ1) is 7.72. The largest absolute Gasteiger partial charge is 0.468 e. The monoisotopic (exact) mass is 239 g/mol. The number of rotatable bonds is 2. The Kier molecular flexibility index (Phi) is 3.46. The molecule has 0 amide bonds. The molecule has 1 heterocycles. The van der Waals surface area contributed by atoms with Gasteiger partial charge in [-0.15, -0.1) is 0 Å². The molecule has 0 saturated carbocycles. The van der Waals surface area contributed by atoms with Gasteiger partial charge >= 0.3 is 5.97 Å². The molecule has 2 atom stereocenters. The van der Waals surface area contributed by atoms with Crippen LogP contribution in [0.2, 0.25) is 5.02 Å². The molecule has 1 unspecified atom stereocenters. The Morgan fingerprint density at radius 1 is 1.44 bits per heavy atom. The lowest BCUT2D eigenvalue weighted by Crippen LogP contribution is -2.33. The van der Waals surface area contributed by atoms with Crippen molar-refractivity contribution in [3.8, 4) is 0 Å². The van der Waals surface area contributed by atoms with E-state index in [1.165, 1.54) is 7.11 Å². The molecule has 0 bridgehead atoms. The number of esters is 1. The molecule has 3 nitrogen and oxygen atoms in total. The SMILES string of the molecule is COC(=O)[C@@H]1CCC(c2ccccc2Cl)N1. The van der Waals surface area contributed by atoms with Gasteiger partial charge in [0.2, 0.25) is 0 Å². The van der Waals surface area contributed by atoms with Gasteiger partial charge < -0.3 is 4.74 Å². The van der Waals surface area contributed by atoms with E-state index in [2.05, 4.69) is 5.32 Å². The molecule has 16 heavy (non-hydrogen) atoms. The molecule has 86 valence electrons. The molecular formula is C12H14ClNO2. The maximum absolute atomic E-state index is 11.4. The van der Waals surface area contributed by atoms with E-state index in [4.69, 9.17) is 16.3 Å². The van der Waals surface area contributed by atoms with E-state index >= 15 is 0 Å². The first-order valence-corrected chi connectivity index (χ1v) is 5.68. The maximum Gasteiger partial charge on any atom is 0.322 e. The van der Waals surface area contributed by atoms with Gasteiger partial charge in [-0.1, -0.05) is 29.8 Å². The Bertz CT molecular complexity index is 394. The predicted octanol–water partition coefficient (Wildman–Crippen LogP) is 2.31. The summed E-state index contributed by atoms with van der Waals surface area (Å²) < 4.78 is 4.71. The zero-order chi connectivity index (χ0) is 11.5. The summed E-state index contributed by atoms with van der Waals surface area (Å²) in [6, 6.07) is 7.65. The van der Waals surface area contributed by atoms with Crippen molar-refractivity contribution in [2.75, 3.05) is 7.11 Å². The van der Waals surface area contributed by atoms with E-state index in [0.717, 1.165) is 23.4 Å². The van der Waals surface area contributed by atoms with Crippen LogP contribution in [-0.4, -0.2) is 19.1 Å². The number of hydrogen-bond acceptors (Lipinski definition) is 3. The topological polar surface area (TPSA) is 38.3 Å². The van der Waals surface area contributed by atoms with Crippen LogP contribution in [0.5, 0.6) is 0 Å². The van der Waals surface area contributed by atoms with Gasteiger partial charge in [0.15, 0.2) is 0 Å². The highest BCUT2D eigenvalue weighted by molar-refractivity contribution is 6.31. The summed E-state index contributed by atoms with van der Waals surface area (Å²) >= 11 is 6.11. The molecule has 1 fully saturated rings. The van der Waals surface area contributed by atoms with Crippen LogP contribution in [0.25, 0.3) is 0 Å². The molecule has 1 aliphatic rings. The highest BCUT2D eigenvalue weighted by Crippen LogP contribution is 2.31. The minimum atomic E-state index is -0.203. The van der Waals surface area contributed by atoms with Crippen LogP contribution >= 0.6 is 11.6 Å². The van der Waals surface area contributed by atoms with Crippen LogP contribution in [0.1, 0.15) is 24.4 Å². The maximum atomic E-state index is 11.4. The summed E-state index contributed by atoms with van der Waals surface area (Å²) in [6.07, 6.45) is 1.70. The van der Waals surface area contributed by atoms with Crippen molar-refractivity contribution >= 4 is 17.6 Å². The summed E-state index contributed by atoms with van der Waals surface area (Å²) in [5, 5.41) is 3.98. The molecular weight excluding hydrogens is 226 g/mol. The number of carbonyl (C=O) groups is 1. The Morgan fingerprint density at radius 2 is 2.19 bits per heavy atom. The number of benzene rings is 1. The zero-order valence-corrected chi connectivity index (χ0v) is 9.83. The second-order valence-corrected chi connectivity index (χ2v) is 4.30. The number of halogens is 1. The lowest BCUT2D eigenvalue weighted by atomic mass is 10.1. The fourth-order valence-electron chi connectivity index (χ4n) is 2.07. The number of methoxy groups -OCH3 is 1. The average molecular weight is 240 g/mol. The molecule has 0 radical (unpaired) electrons. The molecule has 4 heteroatoms. The second kappa shape index (κ2) is 4.85. The summed E-state index contributed by atoms with van der Waals surface area (Å²) in [7, 11) is 1.41. The average Bonchev–Trinajstić information content (AvgIpc) is 2.78. The fraction of sp³-hybridized carbons (Fsp3) is 0.417. The Balaban J connectivity index is 2.09. The van der Waals surface area contributed by atoms with Crippen LogP contribution in [0.4, 0.5) is 0 Å². The number of hydrogen-bond donors (Lipinski definition) is 1. The van der Waals surface area contributed by atoms with Gasteiger partial charge in [0, 0.05) is 11.1 Å². The summed E-state index contributed by atoms with van der Waals surface area (Å²) in [5.41, 5.74) is 1.05. The number of nitrogens with one attached hydrogen (secondary N) is 1. The Morgan fingerprint density at radius 3 is 2.88 bits per heavy atom. The third-order valence-corrected chi connectivity index (χ3v) is 3.26. The standard InChI is InChI=1S/C12H14ClNO2/c1-16-12(15)11-7-6-10(14-11)8-4-2-3-5-9(8)13/h2-5,10-11,14H,6-7H2,1H3/t10?,11-/m0/s1. The van der Waals surface area contributed by atoms with E-state index in [1.54, 1.807) is 0 Å². The molecule has 0 aromatic heterocycles. The quantitative estimate of drug-likeness (QED) is 0.805. The lowest BCUT2D eigenvalue weighted by Gasteiger charge is -2.14. The van der Waals surface area contributed by atoms with Crippen LogP contribution in [0, 0.1) is 0 Å².